The number of fused-ring (bicyclic) bond motifs is 1. The maximum atomic E-state index is 5.68. The molecule has 0 radical (unpaired) electrons. The third-order valence-corrected chi connectivity index (χ3v) is 4.67. The summed E-state index contributed by atoms with van der Waals surface area (Å²) < 4.78 is 16.8. The maximum absolute atomic E-state index is 5.68. The summed E-state index contributed by atoms with van der Waals surface area (Å²) in [5.41, 5.74) is 3.11. The summed E-state index contributed by atoms with van der Waals surface area (Å²) >= 11 is 0. The molecule has 6 heteroatoms. The molecule has 0 amide bonds. The molecule has 1 atom stereocenters. The minimum absolute atomic E-state index is 0.477. The van der Waals surface area contributed by atoms with Crippen LogP contribution in [0.4, 0.5) is 0 Å². The lowest BCUT2D eigenvalue weighted by Gasteiger charge is -2.14. The summed E-state index contributed by atoms with van der Waals surface area (Å²) in [6.45, 7) is 6.08. The molecule has 2 aliphatic rings. The van der Waals surface area contributed by atoms with Crippen molar-refractivity contribution < 1.29 is 14.0 Å². The number of nitrogens with zero attached hydrogens (tertiary/aromatic N) is 2. The van der Waals surface area contributed by atoms with Crippen LogP contribution in [0.25, 0.3) is 17.0 Å². The SMILES string of the molecule is CCOc1ccc(-c2nc(C3=CCC4CCNC4=C3)no2)cc1OCC. The van der Waals surface area contributed by atoms with Crippen molar-refractivity contribution >= 4 is 5.57 Å². The maximum Gasteiger partial charge on any atom is 0.258 e. The second-order valence-corrected chi connectivity index (χ2v) is 6.36. The van der Waals surface area contributed by atoms with Crippen molar-refractivity contribution in [1.29, 1.82) is 0 Å². The lowest BCUT2D eigenvalue weighted by atomic mass is 9.93. The van der Waals surface area contributed by atoms with Crippen LogP contribution < -0.4 is 14.8 Å². The van der Waals surface area contributed by atoms with Crippen LogP contribution in [0.15, 0.2) is 40.6 Å². The molecule has 1 aromatic carbocycles. The monoisotopic (exact) mass is 353 g/mol. The first-order valence-electron chi connectivity index (χ1n) is 9.18. The van der Waals surface area contributed by atoms with Gasteiger partial charge in [0.25, 0.3) is 5.89 Å². The Morgan fingerprint density at radius 2 is 2.04 bits per heavy atom. The van der Waals surface area contributed by atoms with E-state index in [1.54, 1.807) is 0 Å². The molecule has 26 heavy (non-hydrogen) atoms. The van der Waals surface area contributed by atoms with Crippen molar-refractivity contribution in [2.45, 2.75) is 26.7 Å². The third kappa shape index (κ3) is 3.19. The molecule has 0 saturated carbocycles. The van der Waals surface area contributed by atoms with Crippen LogP contribution >= 0.6 is 0 Å². The van der Waals surface area contributed by atoms with E-state index in [1.807, 2.05) is 32.0 Å². The first-order valence-corrected chi connectivity index (χ1v) is 9.18. The largest absolute Gasteiger partial charge is 0.490 e. The summed E-state index contributed by atoms with van der Waals surface area (Å²) in [5.74, 6) is 3.11. The van der Waals surface area contributed by atoms with E-state index in [4.69, 9.17) is 14.0 Å². The Morgan fingerprint density at radius 1 is 1.19 bits per heavy atom. The molecule has 1 unspecified atom stereocenters. The van der Waals surface area contributed by atoms with E-state index in [1.165, 1.54) is 12.1 Å². The molecule has 1 fully saturated rings. The van der Waals surface area contributed by atoms with E-state index >= 15 is 0 Å². The van der Waals surface area contributed by atoms with Crippen LogP contribution in [-0.4, -0.2) is 29.9 Å². The standard InChI is InChI=1S/C20H23N3O3/c1-3-24-17-8-7-15(12-18(17)25-4-2)20-22-19(23-26-20)14-6-5-13-9-10-21-16(13)11-14/h6-8,11-13,21H,3-5,9-10H2,1-2H3. The third-order valence-electron chi connectivity index (χ3n) is 4.67. The topological polar surface area (TPSA) is 69.4 Å². The van der Waals surface area contributed by atoms with Crippen LogP contribution in [0.5, 0.6) is 11.5 Å². The highest BCUT2D eigenvalue weighted by molar-refractivity contribution is 5.72. The molecule has 0 bridgehead atoms. The van der Waals surface area contributed by atoms with Gasteiger partial charge in [0.1, 0.15) is 0 Å². The van der Waals surface area contributed by atoms with Gasteiger partial charge in [-0.1, -0.05) is 11.2 Å². The number of benzene rings is 1. The Kier molecular flexibility index (Phi) is 4.65. The number of hydrogen-bond donors (Lipinski definition) is 1. The first kappa shape index (κ1) is 16.7. The second kappa shape index (κ2) is 7.23. The van der Waals surface area contributed by atoms with Gasteiger partial charge in [-0.2, -0.15) is 4.98 Å². The molecular weight excluding hydrogens is 330 g/mol. The van der Waals surface area contributed by atoms with Gasteiger partial charge in [0.15, 0.2) is 11.5 Å². The van der Waals surface area contributed by atoms with Crippen LogP contribution in [0.1, 0.15) is 32.5 Å². The van der Waals surface area contributed by atoms with Crippen molar-refractivity contribution in [3.05, 3.63) is 41.9 Å². The fraction of sp³-hybridized carbons (Fsp3) is 0.400. The van der Waals surface area contributed by atoms with Crippen molar-refractivity contribution in [2.75, 3.05) is 19.8 Å². The Morgan fingerprint density at radius 3 is 2.88 bits per heavy atom. The molecular formula is C20H23N3O3. The summed E-state index contributed by atoms with van der Waals surface area (Å²) in [7, 11) is 0. The Hall–Kier alpha value is -2.76. The predicted molar refractivity (Wildman–Crippen MR) is 98.9 cm³/mol. The van der Waals surface area contributed by atoms with Gasteiger partial charge in [-0.15, -0.1) is 0 Å². The zero-order chi connectivity index (χ0) is 17.9. The van der Waals surface area contributed by atoms with E-state index in [2.05, 4.69) is 27.6 Å². The molecule has 1 aliphatic carbocycles. The molecule has 136 valence electrons. The van der Waals surface area contributed by atoms with Crippen LogP contribution in [0, 0.1) is 5.92 Å². The lowest BCUT2D eigenvalue weighted by Crippen LogP contribution is -2.10. The fourth-order valence-corrected chi connectivity index (χ4v) is 3.40. The van der Waals surface area contributed by atoms with Gasteiger partial charge in [-0.05, 0) is 51.0 Å². The summed E-state index contributed by atoms with van der Waals surface area (Å²) in [4.78, 5) is 4.58. The van der Waals surface area contributed by atoms with Crippen molar-refractivity contribution in [2.24, 2.45) is 5.92 Å². The molecule has 1 aromatic heterocycles. The molecule has 6 nitrogen and oxygen atoms in total. The molecule has 2 aromatic rings. The van der Waals surface area contributed by atoms with E-state index in [9.17, 15) is 0 Å². The first-order chi connectivity index (χ1) is 12.8. The van der Waals surface area contributed by atoms with Gasteiger partial charge in [-0.25, -0.2) is 0 Å². The van der Waals surface area contributed by atoms with Crippen LogP contribution in [-0.2, 0) is 0 Å². The molecule has 4 rings (SSSR count). The van der Waals surface area contributed by atoms with Gasteiger partial charge in [-0.3, -0.25) is 0 Å². The summed E-state index contributed by atoms with van der Waals surface area (Å²) in [5, 5.41) is 7.61. The van der Waals surface area contributed by atoms with Gasteiger partial charge in [0.2, 0.25) is 5.82 Å². The number of nitrogens with one attached hydrogen (secondary N) is 1. The van der Waals surface area contributed by atoms with Gasteiger partial charge >= 0.3 is 0 Å². The van der Waals surface area contributed by atoms with E-state index in [0.29, 0.717) is 36.6 Å². The number of rotatable bonds is 6. The van der Waals surface area contributed by atoms with Crippen LogP contribution in [0.3, 0.4) is 0 Å². The molecule has 1 N–H and O–H groups in total. The minimum atomic E-state index is 0.477. The summed E-state index contributed by atoms with van der Waals surface area (Å²) in [6, 6.07) is 5.67. The highest BCUT2D eigenvalue weighted by Gasteiger charge is 2.24. The Labute approximate surface area is 152 Å². The number of hydrogen-bond acceptors (Lipinski definition) is 6. The number of allylic oxidation sites excluding steroid dienone is 4. The Bertz CT molecular complexity index is 854. The van der Waals surface area contributed by atoms with Crippen molar-refractivity contribution in [3.63, 3.8) is 0 Å². The average molecular weight is 353 g/mol. The van der Waals surface area contributed by atoms with E-state index < -0.39 is 0 Å². The average Bonchev–Trinajstić information content (AvgIpc) is 3.32. The van der Waals surface area contributed by atoms with Crippen molar-refractivity contribution in [3.8, 4) is 23.0 Å². The van der Waals surface area contributed by atoms with Crippen LogP contribution in [0.2, 0.25) is 0 Å². The number of aromatic nitrogens is 2. The number of ether oxygens (including phenoxy) is 2. The second-order valence-electron chi connectivity index (χ2n) is 6.36. The fourth-order valence-electron chi connectivity index (χ4n) is 3.40. The normalized spacial score (nSPS) is 18.6. The Balaban J connectivity index is 1.60. The van der Waals surface area contributed by atoms with Gasteiger partial charge in [0.05, 0.1) is 13.2 Å². The highest BCUT2D eigenvalue weighted by atomic mass is 16.5. The van der Waals surface area contributed by atoms with E-state index in [-0.39, 0.29) is 0 Å². The molecule has 1 saturated heterocycles. The minimum Gasteiger partial charge on any atom is -0.490 e. The predicted octanol–water partition coefficient (Wildman–Crippen LogP) is 3.81. The molecule has 0 spiro atoms. The summed E-state index contributed by atoms with van der Waals surface area (Å²) in [6.07, 6.45) is 6.55. The van der Waals surface area contributed by atoms with Gasteiger partial charge in [0, 0.05) is 29.3 Å². The lowest BCUT2D eigenvalue weighted by molar-refractivity contribution is 0.288. The molecule has 2 heterocycles. The van der Waals surface area contributed by atoms with Gasteiger partial charge < -0.3 is 19.3 Å². The zero-order valence-electron chi connectivity index (χ0n) is 15.1. The quantitative estimate of drug-likeness (QED) is 0.851. The van der Waals surface area contributed by atoms with Crippen molar-refractivity contribution in [1.82, 2.24) is 15.5 Å². The molecule has 1 aliphatic heterocycles. The highest BCUT2D eigenvalue weighted by Crippen LogP contribution is 2.34. The smallest absolute Gasteiger partial charge is 0.258 e. The zero-order valence-corrected chi connectivity index (χ0v) is 15.1. The van der Waals surface area contributed by atoms with E-state index in [0.717, 1.165) is 29.9 Å².